The Balaban J connectivity index is 1.63. The van der Waals surface area contributed by atoms with Gasteiger partial charge in [-0.2, -0.15) is 0 Å². The van der Waals surface area contributed by atoms with Crippen molar-refractivity contribution in [2.75, 3.05) is 0 Å². The molecule has 0 unspecified atom stereocenters. The van der Waals surface area contributed by atoms with Crippen LogP contribution in [0.2, 0.25) is 0 Å². The summed E-state index contributed by atoms with van der Waals surface area (Å²) in [6.07, 6.45) is 6.42. The van der Waals surface area contributed by atoms with E-state index in [0.717, 1.165) is 48.9 Å². The van der Waals surface area contributed by atoms with Gasteiger partial charge in [0, 0.05) is 24.0 Å². The van der Waals surface area contributed by atoms with E-state index in [1.807, 2.05) is 17.6 Å². The molecular weight excluding hydrogens is 316 g/mol. The van der Waals surface area contributed by atoms with Crippen LogP contribution in [0.3, 0.4) is 0 Å². The summed E-state index contributed by atoms with van der Waals surface area (Å²) in [6, 6.07) is 7.21. The Kier molecular flexibility index (Phi) is 3.86. The van der Waals surface area contributed by atoms with Crippen LogP contribution in [-0.4, -0.2) is 15.6 Å². The van der Waals surface area contributed by atoms with Crippen LogP contribution in [0.15, 0.2) is 35.3 Å². The van der Waals surface area contributed by atoms with Crippen LogP contribution in [-0.2, 0) is 6.42 Å². The number of nitrogens with one attached hydrogen (secondary N) is 1. The molecule has 1 saturated carbocycles. The summed E-state index contributed by atoms with van der Waals surface area (Å²) in [5.41, 5.74) is 2.72. The lowest BCUT2D eigenvalue weighted by atomic mass is 9.87. The Bertz CT molecular complexity index is 896. The van der Waals surface area contributed by atoms with Crippen molar-refractivity contribution in [3.8, 4) is 5.75 Å². The van der Waals surface area contributed by atoms with Crippen LogP contribution in [0.25, 0.3) is 0 Å². The molecule has 0 radical (unpaired) electrons. The maximum Gasteiger partial charge on any atom is 0.257 e. The lowest BCUT2D eigenvalue weighted by molar-refractivity contribution is 0.0930. The zero-order chi connectivity index (χ0) is 17.6. The summed E-state index contributed by atoms with van der Waals surface area (Å²) in [5, 5.41) is 13.0. The predicted molar refractivity (Wildman–Crippen MR) is 95.0 cm³/mol. The van der Waals surface area contributed by atoms with Gasteiger partial charge in [0.2, 0.25) is 0 Å². The molecule has 1 aromatic heterocycles. The first kappa shape index (κ1) is 15.9. The van der Waals surface area contributed by atoms with Gasteiger partial charge in [-0.25, -0.2) is 0 Å². The van der Waals surface area contributed by atoms with Gasteiger partial charge in [-0.1, -0.05) is 12.1 Å². The van der Waals surface area contributed by atoms with E-state index in [1.165, 1.54) is 0 Å². The SMILES string of the molecule is Cc1cc(=O)c(C(=O)N[C@@H]2CCCc3c(O)cccc32)cn1C1CC1. The maximum atomic E-state index is 12.7. The number of pyridine rings is 1. The first-order valence-corrected chi connectivity index (χ1v) is 8.89. The fraction of sp³-hybridized carbons (Fsp3) is 0.400. The second-order valence-electron chi connectivity index (χ2n) is 7.09. The number of fused-ring (bicyclic) bond motifs is 1. The van der Waals surface area contributed by atoms with Crippen molar-refractivity contribution in [3.05, 3.63) is 63.1 Å². The molecule has 2 aliphatic carbocycles. The van der Waals surface area contributed by atoms with Crippen molar-refractivity contribution in [1.29, 1.82) is 0 Å². The molecule has 2 N–H and O–H groups in total. The van der Waals surface area contributed by atoms with Gasteiger partial charge in [-0.3, -0.25) is 9.59 Å². The van der Waals surface area contributed by atoms with E-state index in [9.17, 15) is 14.7 Å². The third-order valence-corrected chi connectivity index (χ3v) is 5.25. The lowest BCUT2D eigenvalue weighted by Crippen LogP contribution is -2.34. The number of aromatic nitrogens is 1. The van der Waals surface area contributed by atoms with Crippen LogP contribution in [0, 0.1) is 6.92 Å². The number of rotatable bonds is 3. The summed E-state index contributed by atoms with van der Waals surface area (Å²) < 4.78 is 2.04. The number of carbonyl (C=O) groups is 1. The van der Waals surface area contributed by atoms with Crippen molar-refractivity contribution < 1.29 is 9.90 Å². The Labute approximate surface area is 146 Å². The minimum atomic E-state index is -0.333. The van der Waals surface area contributed by atoms with Crippen molar-refractivity contribution >= 4 is 5.91 Å². The zero-order valence-electron chi connectivity index (χ0n) is 14.3. The molecule has 25 heavy (non-hydrogen) atoms. The summed E-state index contributed by atoms with van der Waals surface area (Å²) in [7, 11) is 0. The Morgan fingerprint density at radius 3 is 2.84 bits per heavy atom. The van der Waals surface area contributed by atoms with Crippen molar-refractivity contribution in [2.24, 2.45) is 0 Å². The maximum absolute atomic E-state index is 12.7. The number of carbonyl (C=O) groups excluding carboxylic acids is 1. The summed E-state index contributed by atoms with van der Waals surface area (Å²) in [4.78, 5) is 25.1. The number of hydrogen-bond acceptors (Lipinski definition) is 3. The van der Waals surface area contributed by atoms with Crippen molar-refractivity contribution in [3.63, 3.8) is 0 Å². The number of phenolic OH excluding ortho intramolecular Hbond substituents is 1. The molecule has 2 aromatic rings. The number of phenols is 1. The first-order chi connectivity index (χ1) is 12.0. The fourth-order valence-corrected chi connectivity index (χ4v) is 3.78. The van der Waals surface area contributed by atoms with Gasteiger partial charge in [0.1, 0.15) is 11.3 Å². The molecule has 1 atom stereocenters. The van der Waals surface area contributed by atoms with Gasteiger partial charge in [0.15, 0.2) is 5.43 Å². The van der Waals surface area contributed by atoms with E-state index >= 15 is 0 Å². The summed E-state index contributed by atoms with van der Waals surface area (Å²) >= 11 is 0. The fourth-order valence-electron chi connectivity index (χ4n) is 3.78. The summed E-state index contributed by atoms with van der Waals surface area (Å²) in [5.74, 6) is -0.0523. The van der Waals surface area contributed by atoms with Crippen LogP contribution < -0.4 is 10.7 Å². The zero-order valence-corrected chi connectivity index (χ0v) is 14.3. The summed E-state index contributed by atoms with van der Waals surface area (Å²) in [6.45, 7) is 1.90. The molecule has 0 bridgehead atoms. The molecule has 5 heteroatoms. The van der Waals surface area contributed by atoms with E-state index < -0.39 is 0 Å². The lowest BCUT2D eigenvalue weighted by Gasteiger charge is -2.27. The first-order valence-electron chi connectivity index (χ1n) is 8.89. The number of benzene rings is 1. The molecular formula is C20H22N2O3. The largest absolute Gasteiger partial charge is 0.508 e. The number of amides is 1. The van der Waals surface area contributed by atoms with E-state index in [-0.39, 0.29) is 28.7 Å². The predicted octanol–water partition coefficient (Wildman–Crippen LogP) is 3.00. The smallest absolute Gasteiger partial charge is 0.257 e. The average Bonchev–Trinajstić information content (AvgIpc) is 3.40. The minimum Gasteiger partial charge on any atom is -0.508 e. The van der Waals surface area contributed by atoms with Crippen LogP contribution in [0.4, 0.5) is 0 Å². The van der Waals surface area contributed by atoms with Gasteiger partial charge in [0.25, 0.3) is 5.91 Å². The molecule has 130 valence electrons. The Hall–Kier alpha value is -2.56. The molecule has 1 fully saturated rings. The number of hydrogen-bond donors (Lipinski definition) is 2. The minimum absolute atomic E-state index is 0.168. The van der Waals surface area contributed by atoms with Gasteiger partial charge < -0.3 is 15.0 Å². The molecule has 5 nitrogen and oxygen atoms in total. The van der Waals surface area contributed by atoms with Crippen LogP contribution in [0.1, 0.15) is 64.9 Å². The number of aryl methyl sites for hydroxylation is 1. The standard InChI is InChI=1S/C20H22N2O3/c1-12-10-19(24)16(11-22(12)13-8-9-13)20(25)21-17-6-2-5-15-14(17)4-3-7-18(15)23/h3-4,7,10-11,13,17,23H,2,5-6,8-9H2,1H3,(H,21,25)/t17-/m1/s1. The van der Waals surface area contributed by atoms with Crippen LogP contribution >= 0.6 is 0 Å². The highest BCUT2D eigenvalue weighted by molar-refractivity contribution is 5.94. The molecule has 0 saturated heterocycles. The Morgan fingerprint density at radius 1 is 1.28 bits per heavy atom. The number of nitrogens with zero attached hydrogens (tertiary/aromatic N) is 1. The molecule has 1 amide bonds. The Morgan fingerprint density at radius 2 is 2.08 bits per heavy atom. The highest BCUT2D eigenvalue weighted by Gasteiger charge is 2.27. The topological polar surface area (TPSA) is 71.3 Å². The van der Waals surface area contributed by atoms with Gasteiger partial charge in [-0.05, 0) is 56.2 Å². The second kappa shape index (κ2) is 6.06. The molecule has 2 aliphatic rings. The quantitative estimate of drug-likeness (QED) is 0.904. The highest BCUT2D eigenvalue weighted by Crippen LogP contribution is 2.36. The molecule has 1 aromatic carbocycles. The second-order valence-corrected chi connectivity index (χ2v) is 7.09. The average molecular weight is 338 g/mol. The molecule has 1 heterocycles. The van der Waals surface area contributed by atoms with Crippen molar-refractivity contribution in [2.45, 2.75) is 51.1 Å². The van der Waals surface area contributed by atoms with E-state index in [1.54, 1.807) is 24.4 Å². The van der Waals surface area contributed by atoms with Gasteiger partial charge in [-0.15, -0.1) is 0 Å². The molecule has 0 aliphatic heterocycles. The highest BCUT2D eigenvalue weighted by atomic mass is 16.3. The van der Waals surface area contributed by atoms with E-state index in [0.29, 0.717) is 6.04 Å². The van der Waals surface area contributed by atoms with Gasteiger partial charge in [0.05, 0.1) is 6.04 Å². The normalized spacial score (nSPS) is 19.3. The van der Waals surface area contributed by atoms with E-state index in [4.69, 9.17) is 0 Å². The van der Waals surface area contributed by atoms with Crippen molar-refractivity contribution in [1.82, 2.24) is 9.88 Å². The third kappa shape index (κ3) is 2.95. The number of aromatic hydroxyl groups is 1. The monoisotopic (exact) mass is 338 g/mol. The van der Waals surface area contributed by atoms with Gasteiger partial charge >= 0.3 is 0 Å². The molecule has 4 rings (SSSR count). The van der Waals surface area contributed by atoms with E-state index in [2.05, 4.69) is 5.32 Å². The molecule has 0 spiro atoms. The third-order valence-electron chi connectivity index (χ3n) is 5.25. The van der Waals surface area contributed by atoms with Crippen LogP contribution in [0.5, 0.6) is 5.75 Å².